The molecule has 8 nitrogen and oxygen atoms in total. The summed E-state index contributed by atoms with van der Waals surface area (Å²) in [6.45, 7) is 0.443. The SMILES string of the molecule is CN(Cc1cccnc1)c1ncc([N+](=O)[O-])cc1C(N)=O. The maximum atomic E-state index is 11.5. The number of primary amides is 1. The van der Waals surface area contributed by atoms with Gasteiger partial charge >= 0.3 is 0 Å². The molecule has 2 N–H and O–H groups in total. The lowest BCUT2D eigenvalue weighted by molar-refractivity contribution is -0.385. The van der Waals surface area contributed by atoms with Crippen molar-refractivity contribution in [1.82, 2.24) is 9.97 Å². The van der Waals surface area contributed by atoms with E-state index in [1.165, 1.54) is 0 Å². The van der Waals surface area contributed by atoms with E-state index in [1.807, 2.05) is 6.07 Å². The average molecular weight is 287 g/mol. The summed E-state index contributed by atoms with van der Waals surface area (Å²) in [4.78, 5) is 31.3. The number of carbonyl (C=O) groups is 1. The number of pyridine rings is 2. The number of carbonyl (C=O) groups excluding carboxylic acids is 1. The molecule has 2 aromatic rings. The molecule has 0 aliphatic heterocycles. The van der Waals surface area contributed by atoms with Gasteiger partial charge < -0.3 is 10.6 Å². The molecule has 8 heteroatoms. The van der Waals surface area contributed by atoms with E-state index < -0.39 is 10.8 Å². The third-order valence-corrected chi connectivity index (χ3v) is 2.83. The molecule has 0 atom stereocenters. The van der Waals surface area contributed by atoms with Crippen LogP contribution in [0.2, 0.25) is 0 Å². The average Bonchev–Trinajstić information content (AvgIpc) is 2.47. The molecule has 2 rings (SSSR count). The number of hydrogen-bond acceptors (Lipinski definition) is 6. The van der Waals surface area contributed by atoms with Crippen molar-refractivity contribution in [2.75, 3.05) is 11.9 Å². The Balaban J connectivity index is 2.34. The number of rotatable bonds is 5. The second kappa shape index (κ2) is 5.95. The van der Waals surface area contributed by atoms with Gasteiger partial charge in [-0.3, -0.25) is 19.9 Å². The van der Waals surface area contributed by atoms with Crippen molar-refractivity contribution in [3.05, 3.63) is 58.0 Å². The zero-order chi connectivity index (χ0) is 15.4. The largest absolute Gasteiger partial charge is 0.365 e. The first-order chi connectivity index (χ1) is 9.99. The third kappa shape index (κ3) is 3.30. The molecule has 0 fully saturated rings. The topological polar surface area (TPSA) is 115 Å². The molecule has 0 radical (unpaired) electrons. The Bertz CT molecular complexity index is 675. The van der Waals surface area contributed by atoms with Crippen LogP contribution in [-0.2, 0) is 6.54 Å². The first-order valence-corrected chi connectivity index (χ1v) is 6.03. The van der Waals surface area contributed by atoms with Gasteiger partial charge in [0.2, 0.25) is 0 Å². The van der Waals surface area contributed by atoms with E-state index in [4.69, 9.17) is 5.73 Å². The number of hydrogen-bond donors (Lipinski definition) is 1. The maximum Gasteiger partial charge on any atom is 0.288 e. The summed E-state index contributed by atoms with van der Waals surface area (Å²) in [6, 6.07) is 4.80. The van der Waals surface area contributed by atoms with Crippen molar-refractivity contribution >= 4 is 17.4 Å². The molecule has 2 aromatic heterocycles. The van der Waals surface area contributed by atoms with Gasteiger partial charge in [0.25, 0.3) is 11.6 Å². The maximum absolute atomic E-state index is 11.5. The molecule has 0 aliphatic rings. The van der Waals surface area contributed by atoms with Crippen LogP contribution in [0.3, 0.4) is 0 Å². The molecule has 0 bridgehead atoms. The zero-order valence-electron chi connectivity index (χ0n) is 11.3. The highest BCUT2D eigenvalue weighted by atomic mass is 16.6. The fraction of sp³-hybridized carbons (Fsp3) is 0.154. The molecule has 0 aliphatic carbocycles. The summed E-state index contributed by atoms with van der Waals surface area (Å²) in [5, 5.41) is 10.7. The van der Waals surface area contributed by atoms with Gasteiger partial charge in [-0.25, -0.2) is 4.98 Å². The second-order valence-corrected chi connectivity index (χ2v) is 4.40. The first-order valence-electron chi connectivity index (χ1n) is 6.03. The van der Waals surface area contributed by atoms with E-state index >= 15 is 0 Å². The molecular weight excluding hydrogens is 274 g/mol. The van der Waals surface area contributed by atoms with Crippen LogP contribution in [0, 0.1) is 10.1 Å². The number of nitrogens with two attached hydrogens (primary N) is 1. The monoisotopic (exact) mass is 287 g/mol. The lowest BCUT2D eigenvalue weighted by Gasteiger charge is -2.19. The Hall–Kier alpha value is -3.03. The third-order valence-electron chi connectivity index (χ3n) is 2.83. The summed E-state index contributed by atoms with van der Waals surface area (Å²) < 4.78 is 0. The quantitative estimate of drug-likeness (QED) is 0.650. The van der Waals surface area contributed by atoms with Crippen LogP contribution in [0.1, 0.15) is 15.9 Å². The Morgan fingerprint density at radius 2 is 2.24 bits per heavy atom. The normalized spacial score (nSPS) is 10.1. The van der Waals surface area contributed by atoms with Gasteiger partial charge in [0.15, 0.2) is 0 Å². The van der Waals surface area contributed by atoms with Gasteiger partial charge in [-0.15, -0.1) is 0 Å². The van der Waals surface area contributed by atoms with E-state index in [9.17, 15) is 14.9 Å². The summed E-state index contributed by atoms with van der Waals surface area (Å²) >= 11 is 0. The van der Waals surface area contributed by atoms with Crippen molar-refractivity contribution in [1.29, 1.82) is 0 Å². The van der Waals surface area contributed by atoms with Gasteiger partial charge in [-0.2, -0.15) is 0 Å². The first kappa shape index (κ1) is 14.4. The molecule has 1 amide bonds. The molecule has 0 unspecified atom stereocenters. The number of nitro groups is 1. The Morgan fingerprint density at radius 1 is 1.48 bits per heavy atom. The van der Waals surface area contributed by atoms with Crippen LogP contribution in [0.5, 0.6) is 0 Å². The van der Waals surface area contributed by atoms with Gasteiger partial charge in [0, 0.05) is 32.1 Å². The van der Waals surface area contributed by atoms with Crippen molar-refractivity contribution in [3.8, 4) is 0 Å². The minimum absolute atomic E-state index is 0.00981. The predicted molar refractivity (Wildman–Crippen MR) is 75.8 cm³/mol. The van der Waals surface area contributed by atoms with Crippen LogP contribution in [0.15, 0.2) is 36.8 Å². The number of aromatic nitrogens is 2. The van der Waals surface area contributed by atoms with Crippen LogP contribution >= 0.6 is 0 Å². The second-order valence-electron chi connectivity index (χ2n) is 4.40. The number of nitrogens with zero attached hydrogens (tertiary/aromatic N) is 4. The van der Waals surface area contributed by atoms with Gasteiger partial charge in [-0.05, 0) is 11.6 Å². The molecule has 0 saturated carbocycles. The van der Waals surface area contributed by atoms with E-state index in [0.717, 1.165) is 17.8 Å². The molecule has 0 spiro atoms. The molecule has 108 valence electrons. The summed E-state index contributed by atoms with van der Waals surface area (Å²) in [6.07, 6.45) is 4.44. The highest BCUT2D eigenvalue weighted by Gasteiger charge is 2.18. The summed E-state index contributed by atoms with van der Waals surface area (Å²) in [5.41, 5.74) is 5.92. The van der Waals surface area contributed by atoms with E-state index in [0.29, 0.717) is 6.54 Å². The predicted octanol–water partition coefficient (Wildman–Crippen LogP) is 1.12. The summed E-state index contributed by atoms with van der Waals surface area (Å²) in [5.74, 6) is -0.476. The van der Waals surface area contributed by atoms with Gasteiger partial charge in [-0.1, -0.05) is 6.07 Å². The van der Waals surface area contributed by atoms with Gasteiger partial charge in [0.1, 0.15) is 12.0 Å². The molecule has 0 aromatic carbocycles. The number of amides is 1. The highest BCUT2D eigenvalue weighted by molar-refractivity contribution is 5.98. The highest BCUT2D eigenvalue weighted by Crippen LogP contribution is 2.22. The smallest absolute Gasteiger partial charge is 0.288 e. The lowest BCUT2D eigenvalue weighted by atomic mass is 10.2. The van der Waals surface area contributed by atoms with Crippen LogP contribution < -0.4 is 10.6 Å². The molecule has 2 heterocycles. The summed E-state index contributed by atoms with van der Waals surface area (Å²) in [7, 11) is 1.72. The Kier molecular flexibility index (Phi) is 4.07. The van der Waals surface area contributed by atoms with Crippen molar-refractivity contribution < 1.29 is 9.72 Å². The fourth-order valence-corrected chi connectivity index (χ4v) is 1.87. The molecular formula is C13H13N5O3. The van der Waals surface area contributed by atoms with E-state index in [1.54, 1.807) is 30.4 Å². The minimum Gasteiger partial charge on any atom is -0.365 e. The minimum atomic E-state index is -0.765. The molecule has 21 heavy (non-hydrogen) atoms. The van der Waals surface area contributed by atoms with Gasteiger partial charge in [0.05, 0.1) is 10.5 Å². The zero-order valence-corrected chi connectivity index (χ0v) is 11.3. The molecule has 0 saturated heterocycles. The van der Waals surface area contributed by atoms with Crippen molar-refractivity contribution in [2.24, 2.45) is 5.73 Å². The van der Waals surface area contributed by atoms with Crippen molar-refractivity contribution in [2.45, 2.75) is 6.54 Å². The fourth-order valence-electron chi connectivity index (χ4n) is 1.87. The van der Waals surface area contributed by atoms with Crippen LogP contribution in [0.4, 0.5) is 11.5 Å². The standard InChI is InChI=1S/C13H13N5O3/c1-17(8-9-3-2-4-15-6-9)13-11(12(14)19)5-10(7-16-13)18(20)21/h2-7H,8H2,1H3,(H2,14,19). The lowest BCUT2D eigenvalue weighted by Crippen LogP contribution is -2.23. The van der Waals surface area contributed by atoms with Crippen LogP contribution in [0.25, 0.3) is 0 Å². The van der Waals surface area contributed by atoms with E-state index in [-0.39, 0.29) is 17.1 Å². The Morgan fingerprint density at radius 3 is 2.81 bits per heavy atom. The van der Waals surface area contributed by atoms with Crippen molar-refractivity contribution in [3.63, 3.8) is 0 Å². The van der Waals surface area contributed by atoms with Crippen LogP contribution in [-0.4, -0.2) is 27.8 Å². The van der Waals surface area contributed by atoms with E-state index in [2.05, 4.69) is 9.97 Å². The Labute approximate surface area is 120 Å². The number of anilines is 1.